The van der Waals surface area contributed by atoms with E-state index in [-0.39, 0.29) is 30.0 Å². The molecule has 0 aromatic heterocycles. The van der Waals surface area contributed by atoms with Crippen LogP contribution in [0.3, 0.4) is 0 Å². The minimum Gasteiger partial charge on any atom is -0.495 e. The van der Waals surface area contributed by atoms with E-state index in [0.717, 1.165) is 5.56 Å². The van der Waals surface area contributed by atoms with Crippen molar-refractivity contribution in [1.82, 2.24) is 5.32 Å². The number of carbonyl (C=O) groups is 1. The normalized spacial score (nSPS) is 28.4. The van der Waals surface area contributed by atoms with Crippen LogP contribution < -0.4 is 15.8 Å². The third kappa shape index (κ3) is 3.29. The maximum atomic E-state index is 12.3. The lowest BCUT2D eigenvalue weighted by molar-refractivity contribution is -0.127. The average Bonchev–Trinajstić information content (AvgIpc) is 2.70. The zero-order valence-corrected chi connectivity index (χ0v) is 13.1. The molecule has 0 saturated carbocycles. The fraction of sp³-hybridized carbons (Fsp3) is 0.562. The molecule has 1 aromatic rings. The summed E-state index contributed by atoms with van der Waals surface area (Å²) in [6.45, 7) is 6.48. The van der Waals surface area contributed by atoms with Crippen LogP contribution in [0.25, 0.3) is 0 Å². The molecule has 0 radical (unpaired) electrons. The number of nitrogens with two attached hydrogens (primary N) is 1. The Bertz CT molecular complexity index is 518. The van der Waals surface area contributed by atoms with E-state index in [4.69, 9.17) is 15.2 Å². The minimum absolute atomic E-state index is 0.0359. The maximum Gasteiger partial charge on any atom is 0.226 e. The number of rotatable bonds is 4. The van der Waals surface area contributed by atoms with Gasteiger partial charge in [-0.25, -0.2) is 0 Å². The van der Waals surface area contributed by atoms with E-state index >= 15 is 0 Å². The summed E-state index contributed by atoms with van der Waals surface area (Å²) >= 11 is 0. The molecule has 3 N–H and O–H groups in total. The number of amides is 1. The topological polar surface area (TPSA) is 73.6 Å². The van der Waals surface area contributed by atoms with Gasteiger partial charge in [-0.1, -0.05) is 13.0 Å². The summed E-state index contributed by atoms with van der Waals surface area (Å²) in [6.07, 6.45) is 0.0725. The van der Waals surface area contributed by atoms with E-state index in [0.29, 0.717) is 18.0 Å². The number of benzene rings is 1. The van der Waals surface area contributed by atoms with Crippen LogP contribution in [0.1, 0.15) is 26.3 Å². The highest BCUT2D eigenvalue weighted by Crippen LogP contribution is 2.32. The van der Waals surface area contributed by atoms with Gasteiger partial charge in [-0.2, -0.15) is 0 Å². The van der Waals surface area contributed by atoms with Crippen molar-refractivity contribution in [2.75, 3.05) is 12.8 Å². The maximum absolute atomic E-state index is 12.3. The van der Waals surface area contributed by atoms with E-state index < -0.39 is 0 Å². The van der Waals surface area contributed by atoms with Crippen LogP contribution in [0, 0.1) is 11.8 Å². The lowest BCUT2D eigenvalue weighted by atomic mass is 9.89. The first-order chi connectivity index (χ1) is 9.93. The number of ether oxygens (including phenoxy) is 2. The highest BCUT2D eigenvalue weighted by molar-refractivity contribution is 5.80. The molecule has 1 saturated heterocycles. The molecule has 5 heteroatoms. The quantitative estimate of drug-likeness (QED) is 0.832. The molecular formula is C16H24N2O3. The van der Waals surface area contributed by atoms with Crippen LogP contribution in [-0.2, 0) is 16.1 Å². The molecule has 1 fully saturated rings. The molecule has 1 amide bonds. The summed E-state index contributed by atoms with van der Waals surface area (Å²) in [5.41, 5.74) is 7.39. The predicted octanol–water partition coefficient (Wildman–Crippen LogP) is 1.95. The van der Waals surface area contributed by atoms with Crippen LogP contribution in [0.15, 0.2) is 18.2 Å². The first-order valence-electron chi connectivity index (χ1n) is 7.29. The Morgan fingerprint density at radius 1 is 1.33 bits per heavy atom. The fourth-order valence-electron chi connectivity index (χ4n) is 2.92. The van der Waals surface area contributed by atoms with Gasteiger partial charge in [0.1, 0.15) is 5.75 Å². The highest BCUT2D eigenvalue weighted by atomic mass is 16.5. The Hall–Kier alpha value is -1.75. The van der Waals surface area contributed by atoms with Crippen molar-refractivity contribution in [3.05, 3.63) is 23.8 Å². The van der Waals surface area contributed by atoms with Gasteiger partial charge in [-0.3, -0.25) is 4.79 Å². The molecule has 1 aliphatic rings. The molecular weight excluding hydrogens is 268 g/mol. The van der Waals surface area contributed by atoms with Gasteiger partial charge in [-0.15, -0.1) is 0 Å². The van der Waals surface area contributed by atoms with E-state index in [1.807, 2.05) is 32.0 Å². The number of nitrogens with one attached hydrogen (secondary N) is 1. The molecule has 2 rings (SSSR count). The largest absolute Gasteiger partial charge is 0.495 e. The predicted molar refractivity (Wildman–Crippen MR) is 81.9 cm³/mol. The first-order valence-corrected chi connectivity index (χ1v) is 7.29. The second-order valence-corrected chi connectivity index (χ2v) is 5.73. The third-order valence-corrected chi connectivity index (χ3v) is 4.31. The molecule has 5 nitrogen and oxygen atoms in total. The summed E-state index contributed by atoms with van der Waals surface area (Å²) in [5, 5.41) is 2.97. The second kappa shape index (κ2) is 6.35. The van der Waals surface area contributed by atoms with Gasteiger partial charge in [0, 0.05) is 6.54 Å². The SMILES string of the molecule is COc1ccc(CNC(=O)C2C(C)OC(C)C2C)cc1N. The van der Waals surface area contributed by atoms with E-state index in [1.165, 1.54) is 0 Å². The monoisotopic (exact) mass is 292 g/mol. The molecule has 0 bridgehead atoms. The zero-order chi connectivity index (χ0) is 15.6. The molecule has 4 atom stereocenters. The standard InChI is InChI=1S/C16H24N2O3/c1-9-10(2)21-11(3)15(9)16(19)18-8-12-5-6-14(20-4)13(17)7-12/h5-7,9-11,15H,8,17H2,1-4H3,(H,18,19). The zero-order valence-electron chi connectivity index (χ0n) is 13.1. The molecule has 0 spiro atoms. The van der Waals surface area contributed by atoms with Gasteiger partial charge in [0.2, 0.25) is 5.91 Å². The van der Waals surface area contributed by atoms with Crippen molar-refractivity contribution in [2.45, 2.75) is 39.5 Å². The first kappa shape index (κ1) is 15.6. The van der Waals surface area contributed by atoms with Crippen molar-refractivity contribution in [3.63, 3.8) is 0 Å². The van der Waals surface area contributed by atoms with Crippen LogP contribution in [0.4, 0.5) is 5.69 Å². The molecule has 0 aliphatic carbocycles. The summed E-state index contributed by atoms with van der Waals surface area (Å²) < 4.78 is 10.8. The Morgan fingerprint density at radius 2 is 2.05 bits per heavy atom. The number of anilines is 1. The number of nitrogen functional groups attached to an aromatic ring is 1. The van der Waals surface area contributed by atoms with Gasteiger partial charge in [0.05, 0.1) is 30.9 Å². The Labute approximate surface area is 125 Å². The van der Waals surface area contributed by atoms with Crippen molar-refractivity contribution >= 4 is 11.6 Å². The summed E-state index contributed by atoms with van der Waals surface area (Å²) in [6, 6.07) is 5.53. The van der Waals surface area contributed by atoms with Gasteiger partial charge >= 0.3 is 0 Å². The van der Waals surface area contributed by atoms with Crippen molar-refractivity contribution in [3.8, 4) is 5.75 Å². The van der Waals surface area contributed by atoms with E-state index in [9.17, 15) is 4.79 Å². The minimum atomic E-state index is -0.101. The molecule has 1 aliphatic heterocycles. The molecule has 4 unspecified atom stereocenters. The van der Waals surface area contributed by atoms with Crippen LogP contribution in [-0.4, -0.2) is 25.2 Å². The Morgan fingerprint density at radius 3 is 2.57 bits per heavy atom. The van der Waals surface area contributed by atoms with Gasteiger partial charge in [0.25, 0.3) is 0 Å². The van der Waals surface area contributed by atoms with Crippen LogP contribution in [0.2, 0.25) is 0 Å². The number of carbonyl (C=O) groups excluding carboxylic acids is 1. The van der Waals surface area contributed by atoms with Crippen LogP contribution >= 0.6 is 0 Å². The smallest absolute Gasteiger partial charge is 0.226 e. The number of methoxy groups -OCH3 is 1. The molecule has 116 valence electrons. The number of hydrogen-bond donors (Lipinski definition) is 2. The summed E-state index contributed by atoms with van der Waals surface area (Å²) in [4.78, 5) is 12.3. The van der Waals surface area contributed by atoms with Gasteiger partial charge in [-0.05, 0) is 37.5 Å². The van der Waals surface area contributed by atoms with E-state index in [2.05, 4.69) is 12.2 Å². The second-order valence-electron chi connectivity index (χ2n) is 5.73. The molecule has 1 heterocycles. The third-order valence-electron chi connectivity index (χ3n) is 4.31. The summed E-state index contributed by atoms with van der Waals surface area (Å²) in [5.74, 6) is 0.801. The lowest BCUT2D eigenvalue weighted by Gasteiger charge is -2.18. The summed E-state index contributed by atoms with van der Waals surface area (Å²) in [7, 11) is 1.58. The Balaban J connectivity index is 1.97. The average molecular weight is 292 g/mol. The lowest BCUT2D eigenvalue weighted by Crippen LogP contribution is -2.36. The van der Waals surface area contributed by atoms with E-state index in [1.54, 1.807) is 7.11 Å². The fourth-order valence-corrected chi connectivity index (χ4v) is 2.92. The molecule has 21 heavy (non-hydrogen) atoms. The Kier molecular flexibility index (Phi) is 4.73. The highest BCUT2D eigenvalue weighted by Gasteiger charge is 2.41. The van der Waals surface area contributed by atoms with Gasteiger partial charge < -0.3 is 20.5 Å². The molecule has 1 aromatic carbocycles. The number of hydrogen-bond acceptors (Lipinski definition) is 4. The van der Waals surface area contributed by atoms with Crippen molar-refractivity contribution in [1.29, 1.82) is 0 Å². The van der Waals surface area contributed by atoms with Crippen molar-refractivity contribution < 1.29 is 14.3 Å². The van der Waals surface area contributed by atoms with Crippen molar-refractivity contribution in [2.24, 2.45) is 11.8 Å². The van der Waals surface area contributed by atoms with Crippen LogP contribution in [0.5, 0.6) is 5.75 Å². The van der Waals surface area contributed by atoms with Gasteiger partial charge in [0.15, 0.2) is 0 Å².